The smallest absolute Gasteiger partial charge is 0.349 e. The standard InChI is InChI=1S/C32H33N3O9/c1-18-8-6-10-21(16-18)29(40)43-24(25(28(38)39)44-30(41)22-11-7-9-19(2)17-22)27(37)35-34-26(36)20-12-14-23(15-13-20)33-31(42)32(3,4)5/h6-17,24-25H,1-5H3,(H,33,42)(H,34,36)(H,35,37)(H,38,39)/t24-,25-/m0/s1. The van der Waals surface area contributed by atoms with E-state index >= 15 is 0 Å². The molecule has 3 aromatic rings. The molecule has 0 aliphatic rings. The van der Waals surface area contributed by atoms with Crippen LogP contribution >= 0.6 is 0 Å². The van der Waals surface area contributed by atoms with Gasteiger partial charge in [-0.3, -0.25) is 25.2 Å². The molecule has 0 heterocycles. The molecule has 0 radical (unpaired) electrons. The highest BCUT2D eigenvalue weighted by molar-refractivity contribution is 6.00. The van der Waals surface area contributed by atoms with E-state index in [1.807, 2.05) is 5.43 Å². The number of esters is 2. The predicted molar refractivity (Wildman–Crippen MR) is 159 cm³/mol. The molecule has 44 heavy (non-hydrogen) atoms. The first-order chi connectivity index (χ1) is 20.6. The monoisotopic (exact) mass is 603 g/mol. The summed E-state index contributed by atoms with van der Waals surface area (Å²) in [6.07, 6.45) is -4.48. The Morgan fingerprint density at radius 1 is 0.682 bits per heavy atom. The van der Waals surface area contributed by atoms with Gasteiger partial charge in [0.05, 0.1) is 11.1 Å². The number of carbonyl (C=O) groups is 6. The van der Waals surface area contributed by atoms with Gasteiger partial charge in [-0.1, -0.05) is 56.2 Å². The van der Waals surface area contributed by atoms with Crippen LogP contribution in [0.1, 0.15) is 63.0 Å². The van der Waals surface area contributed by atoms with Crippen molar-refractivity contribution < 1.29 is 43.3 Å². The van der Waals surface area contributed by atoms with Crippen molar-refractivity contribution in [3.8, 4) is 0 Å². The molecule has 3 aromatic carbocycles. The van der Waals surface area contributed by atoms with E-state index in [2.05, 4.69) is 10.7 Å². The summed E-state index contributed by atoms with van der Waals surface area (Å²) < 4.78 is 10.4. The fraction of sp³-hybridized carbons (Fsp3) is 0.250. The van der Waals surface area contributed by atoms with E-state index in [0.717, 1.165) is 0 Å². The second-order valence-corrected chi connectivity index (χ2v) is 11.0. The molecular formula is C32H33N3O9. The first-order valence-corrected chi connectivity index (χ1v) is 13.5. The van der Waals surface area contributed by atoms with Crippen molar-refractivity contribution in [1.29, 1.82) is 0 Å². The largest absolute Gasteiger partial charge is 0.478 e. The number of carboxylic acids is 1. The van der Waals surface area contributed by atoms with Crippen LogP contribution in [0.3, 0.4) is 0 Å². The van der Waals surface area contributed by atoms with Crippen molar-refractivity contribution in [1.82, 2.24) is 10.9 Å². The fourth-order valence-electron chi connectivity index (χ4n) is 3.69. The molecule has 0 unspecified atom stereocenters. The first kappa shape index (κ1) is 33.0. The van der Waals surface area contributed by atoms with E-state index in [9.17, 15) is 33.9 Å². The lowest BCUT2D eigenvalue weighted by Gasteiger charge is -2.23. The summed E-state index contributed by atoms with van der Waals surface area (Å²) in [6.45, 7) is 8.67. The average Bonchev–Trinajstić information content (AvgIpc) is 2.97. The summed E-state index contributed by atoms with van der Waals surface area (Å²) in [6, 6.07) is 18.0. The number of amides is 3. The minimum atomic E-state index is -2.28. The second-order valence-electron chi connectivity index (χ2n) is 11.0. The maximum absolute atomic E-state index is 13.2. The maximum atomic E-state index is 13.2. The number of aliphatic carboxylic acids is 1. The number of anilines is 1. The van der Waals surface area contributed by atoms with Gasteiger partial charge in [0.15, 0.2) is 0 Å². The minimum Gasteiger partial charge on any atom is -0.478 e. The average molecular weight is 604 g/mol. The van der Waals surface area contributed by atoms with Gasteiger partial charge in [-0.15, -0.1) is 0 Å². The first-order valence-electron chi connectivity index (χ1n) is 13.5. The fourth-order valence-corrected chi connectivity index (χ4v) is 3.69. The van der Waals surface area contributed by atoms with Gasteiger partial charge in [-0.05, 0) is 62.4 Å². The molecule has 0 bridgehead atoms. The van der Waals surface area contributed by atoms with Crippen molar-refractivity contribution in [2.45, 2.75) is 46.8 Å². The Morgan fingerprint density at radius 2 is 1.18 bits per heavy atom. The van der Waals surface area contributed by atoms with Gasteiger partial charge in [-0.25, -0.2) is 14.4 Å². The van der Waals surface area contributed by atoms with E-state index in [1.54, 1.807) is 58.9 Å². The van der Waals surface area contributed by atoms with Crippen molar-refractivity contribution in [2.75, 3.05) is 5.32 Å². The summed E-state index contributed by atoms with van der Waals surface area (Å²) in [5, 5.41) is 12.6. The number of ether oxygens (including phenoxy) is 2. The number of rotatable bonds is 9. The van der Waals surface area contributed by atoms with Crippen LogP contribution in [0.25, 0.3) is 0 Å². The Labute approximate surface area is 253 Å². The molecular weight excluding hydrogens is 570 g/mol. The lowest BCUT2D eigenvalue weighted by molar-refractivity contribution is -0.159. The third kappa shape index (κ3) is 8.99. The van der Waals surface area contributed by atoms with E-state index in [4.69, 9.17) is 9.47 Å². The summed E-state index contributed by atoms with van der Waals surface area (Å²) in [7, 11) is 0. The Balaban J connectivity index is 1.80. The SMILES string of the molecule is Cc1cccc(C(=O)O[C@H](C(=O)O)[C@H](OC(=O)c2cccc(C)c2)C(=O)NNC(=O)c2ccc(NC(=O)C(C)(C)C)cc2)c1. The van der Waals surface area contributed by atoms with Crippen LogP contribution in [-0.2, 0) is 23.9 Å². The van der Waals surface area contributed by atoms with Gasteiger partial charge < -0.3 is 19.9 Å². The zero-order valence-corrected chi connectivity index (χ0v) is 24.8. The number of hydrogen-bond acceptors (Lipinski definition) is 8. The number of aryl methyl sites for hydroxylation is 2. The number of carboxylic acid groups (broad SMARTS) is 1. The molecule has 2 atom stereocenters. The van der Waals surface area contributed by atoms with Gasteiger partial charge in [0.1, 0.15) is 0 Å². The van der Waals surface area contributed by atoms with Gasteiger partial charge in [0, 0.05) is 16.7 Å². The van der Waals surface area contributed by atoms with Crippen LogP contribution < -0.4 is 16.2 Å². The maximum Gasteiger partial charge on any atom is 0.349 e. The quantitative estimate of drug-likeness (QED) is 0.210. The van der Waals surface area contributed by atoms with Crippen molar-refractivity contribution >= 4 is 41.3 Å². The van der Waals surface area contributed by atoms with Crippen molar-refractivity contribution in [3.05, 3.63) is 101 Å². The van der Waals surface area contributed by atoms with Crippen molar-refractivity contribution in [3.63, 3.8) is 0 Å². The molecule has 0 saturated heterocycles. The van der Waals surface area contributed by atoms with Gasteiger partial charge >= 0.3 is 17.9 Å². The molecule has 230 valence electrons. The molecule has 0 spiro atoms. The van der Waals surface area contributed by atoms with Crippen LogP contribution in [0.4, 0.5) is 5.69 Å². The second kappa shape index (κ2) is 14.1. The number of hydrogen-bond donors (Lipinski definition) is 4. The van der Waals surface area contributed by atoms with E-state index in [1.165, 1.54) is 48.5 Å². The topological polar surface area (TPSA) is 177 Å². The van der Waals surface area contributed by atoms with E-state index in [0.29, 0.717) is 16.8 Å². The predicted octanol–water partition coefficient (Wildman–Crippen LogP) is 3.58. The molecule has 0 aliphatic heterocycles. The molecule has 3 amide bonds. The van der Waals surface area contributed by atoms with Crippen molar-refractivity contribution in [2.24, 2.45) is 5.41 Å². The number of carbonyl (C=O) groups excluding carboxylic acids is 5. The zero-order valence-electron chi connectivity index (χ0n) is 24.8. The summed E-state index contributed by atoms with van der Waals surface area (Å²) in [5.74, 6) is -6.23. The molecule has 0 aromatic heterocycles. The Morgan fingerprint density at radius 3 is 1.64 bits per heavy atom. The Hall–Kier alpha value is -5.52. The molecule has 0 saturated carbocycles. The van der Waals surface area contributed by atoms with Gasteiger partial charge in [0.2, 0.25) is 18.1 Å². The Kier molecular flexibility index (Phi) is 10.6. The molecule has 4 N–H and O–H groups in total. The number of nitrogens with one attached hydrogen (secondary N) is 3. The number of hydrazine groups is 1. The lowest BCUT2D eigenvalue weighted by Crippen LogP contribution is -2.54. The highest BCUT2D eigenvalue weighted by Gasteiger charge is 2.41. The van der Waals surface area contributed by atoms with Crippen LogP contribution in [-0.4, -0.2) is 52.9 Å². The third-order valence-corrected chi connectivity index (χ3v) is 6.14. The van der Waals surface area contributed by atoms with Gasteiger partial charge in [-0.2, -0.15) is 0 Å². The Bertz CT molecular complexity index is 1580. The van der Waals surface area contributed by atoms with Crippen LogP contribution in [0.5, 0.6) is 0 Å². The molecule has 3 rings (SSSR count). The molecule has 0 fully saturated rings. The van der Waals surface area contributed by atoms with Crippen LogP contribution in [0, 0.1) is 19.3 Å². The summed E-state index contributed by atoms with van der Waals surface area (Å²) in [4.78, 5) is 76.0. The molecule has 0 aliphatic carbocycles. The zero-order chi connectivity index (χ0) is 32.6. The summed E-state index contributed by atoms with van der Waals surface area (Å²) in [5.41, 5.74) is 5.44. The van der Waals surface area contributed by atoms with Crippen LogP contribution in [0.2, 0.25) is 0 Å². The lowest BCUT2D eigenvalue weighted by atomic mass is 9.95. The minimum absolute atomic E-state index is 0.0101. The highest BCUT2D eigenvalue weighted by Crippen LogP contribution is 2.18. The summed E-state index contributed by atoms with van der Waals surface area (Å²) >= 11 is 0. The van der Waals surface area contributed by atoms with Gasteiger partial charge in [0.25, 0.3) is 11.8 Å². The molecule has 12 nitrogen and oxygen atoms in total. The normalized spacial score (nSPS) is 12.2. The number of benzene rings is 3. The van der Waals surface area contributed by atoms with E-state index in [-0.39, 0.29) is 22.6 Å². The highest BCUT2D eigenvalue weighted by atomic mass is 16.6. The van der Waals surface area contributed by atoms with E-state index < -0.39 is 47.3 Å². The van der Waals surface area contributed by atoms with Crippen LogP contribution in [0.15, 0.2) is 72.8 Å². The molecule has 12 heteroatoms. The third-order valence-electron chi connectivity index (χ3n) is 6.14.